The molecule has 2 rings (SSSR count). The van der Waals surface area contributed by atoms with E-state index in [9.17, 15) is 13.2 Å². The van der Waals surface area contributed by atoms with Gasteiger partial charge in [0.25, 0.3) is 0 Å². The summed E-state index contributed by atoms with van der Waals surface area (Å²) in [6.07, 6.45) is 0. The summed E-state index contributed by atoms with van der Waals surface area (Å²) < 4.78 is 38.2. The number of nitrogens with one attached hydrogen (secondary N) is 1. The van der Waals surface area contributed by atoms with Crippen molar-refractivity contribution in [1.29, 1.82) is 0 Å². The molecule has 0 saturated heterocycles. The number of H-pyrrole nitrogens is 1. The van der Waals surface area contributed by atoms with E-state index in [4.69, 9.17) is 23.8 Å². The number of imidazole rings is 1. The summed E-state index contributed by atoms with van der Waals surface area (Å²) in [4.78, 5) is 2.92. The van der Waals surface area contributed by atoms with E-state index < -0.39 is 5.51 Å². The number of aromatic nitrogens is 2. The third-order valence-electron chi connectivity index (χ3n) is 2.32. The van der Waals surface area contributed by atoms with E-state index in [1.165, 1.54) is 0 Å². The molecule has 1 aromatic carbocycles. The van der Waals surface area contributed by atoms with Gasteiger partial charge in [-0.25, -0.2) is 0 Å². The number of thioether (sulfide) groups is 1. The van der Waals surface area contributed by atoms with E-state index in [1.807, 2.05) is 0 Å². The number of hydrogen-bond acceptors (Lipinski definition) is 2. The summed E-state index contributed by atoms with van der Waals surface area (Å²) in [5.41, 5.74) is -2.73. The van der Waals surface area contributed by atoms with Crippen LogP contribution < -0.4 is 0 Å². The van der Waals surface area contributed by atoms with Gasteiger partial charge in [0.15, 0.2) is 4.77 Å². The molecule has 0 spiro atoms. The van der Waals surface area contributed by atoms with Crippen molar-refractivity contribution in [2.75, 3.05) is 5.75 Å². The van der Waals surface area contributed by atoms with Crippen LogP contribution in [0.5, 0.6) is 0 Å². The molecule has 0 unspecified atom stereocenters. The fraction of sp³-hybridized carbons (Fsp3) is 0.300. The number of fused-ring (bicyclic) bond motifs is 1. The van der Waals surface area contributed by atoms with Crippen molar-refractivity contribution in [2.45, 2.75) is 12.1 Å². The Bertz CT molecular complexity index is 618. The first-order valence-corrected chi connectivity index (χ1v) is 6.73. The molecule has 8 heteroatoms. The standard InChI is InChI=1S/C10H8ClF3N2S2/c11-6-1-2-8-7(5-6)15-9(17)16(8)3-4-18-10(12,13)14/h1-2,5H,3-4H2,(H,15,17). The lowest BCUT2D eigenvalue weighted by molar-refractivity contribution is -0.0328. The molecular formula is C10H8ClF3N2S2. The van der Waals surface area contributed by atoms with Gasteiger partial charge < -0.3 is 9.55 Å². The van der Waals surface area contributed by atoms with Crippen molar-refractivity contribution in [2.24, 2.45) is 0 Å². The smallest absolute Gasteiger partial charge is 0.331 e. The molecule has 0 radical (unpaired) electrons. The van der Waals surface area contributed by atoms with Crippen LogP contribution in [0, 0.1) is 4.77 Å². The number of aromatic amines is 1. The maximum atomic E-state index is 12.1. The number of aryl methyl sites for hydroxylation is 1. The predicted octanol–water partition coefficient (Wildman–Crippen LogP) is 4.61. The molecule has 2 aromatic rings. The summed E-state index contributed by atoms with van der Waals surface area (Å²) in [5, 5.41) is 0.551. The number of halogens is 4. The molecule has 0 atom stereocenters. The third kappa shape index (κ3) is 3.21. The second kappa shape index (κ2) is 5.14. The second-order valence-corrected chi connectivity index (χ2v) is 5.52. The highest BCUT2D eigenvalue weighted by Gasteiger charge is 2.27. The Morgan fingerprint density at radius 2 is 2.11 bits per heavy atom. The normalized spacial score (nSPS) is 12.2. The third-order valence-corrected chi connectivity index (χ3v) is 3.59. The van der Waals surface area contributed by atoms with Gasteiger partial charge in [0.05, 0.1) is 11.0 Å². The number of benzene rings is 1. The van der Waals surface area contributed by atoms with Gasteiger partial charge in [-0.3, -0.25) is 0 Å². The molecule has 0 aliphatic rings. The zero-order valence-corrected chi connectivity index (χ0v) is 11.3. The first-order chi connectivity index (χ1) is 8.37. The lowest BCUT2D eigenvalue weighted by Gasteiger charge is -2.07. The molecule has 0 saturated carbocycles. The monoisotopic (exact) mass is 312 g/mol. The van der Waals surface area contributed by atoms with Crippen LogP contribution >= 0.6 is 35.6 Å². The van der Waals surface area contributed by atoms with E-state index in [1.54, 1.807) is 22.8 Å². The molecular weight excluding hydrogens is 305 g/mol. The fourth-order valence-corrected chi connectivity index (χ4v) is 2.59. The molecule has 18 heavy (non-hydrogen) atoms. The van der Waals surface area contributed by atoms with Crippen LogP contribution in [0.25, 0.3) is 11.0 Å². The largest absolute Gasteiger partial charge is 0.441 e. The molecule has 2 nitrogen and oxygen atoms in total. The Morgan fingerprint density at radius 1 is 1.39 bits per heavy atom. The zero-order valence-electron chi connectivity index (χ0n) is 8.92. The fourth-order valence-electron chi connectivity index (χ4n) is 1.61. The average Bonchev–Trinajstić information content (AvgIpc) is 2.52. The molecule has 0 aliphatic heterocycles. The lowest BCUT2D eigenvalue weighted by Crippen LogP contribution is -2.06. The van der Waals surface area contributed by atoms with Gasteiger partial charge in [0.1, 0.15) is 0 Å². The molecule has 0 bridgehead atoms. The lowest BCUT2D eigenvalue weighted by atomic mass is 10.3. The number of hydrogen-bond donors (Lipinski definition) is 1. The van der Waals surface area contributed by atoms with Crippen molar-refractivity contribution in [3.8, 4) is 0 Å². The van der Waals surface area contributed by atoms with Crippen LogP contribution in [-0.4, -0.2) is 20.8 Å². The number of alkyl halides is 3. The number of nitrogens with zero attached hydrogens (tertiary/aromatic N) is 1. The van der Waals surface area contributed by atoms with Crippen LogP contribution in [0.1, 0.15) is 0 Å². The molecule has 1 aromatic heterocycles. The highest BCUT2D eigenvalue weighted by molar-refractivity contribution is 8.00. The van der Waals surface area contributed by atoms with Gasteiger partial charge in [-0.05, 0) is 42.2 Å². The Labute approximate surface area is 115 Å². The summed E-state index contributed by atoms with van der Waals surface area (Å²) in [5.74, 6) is -0.0760. The van der Waals surface area contributed by atoms with Crippen molar-refractivity contribution >= 4 is 46.6 Å². The summed E-state index contributed by atoms with van der Waals surface area (Å²) in [7, 11) is 0. The molecule has 0 amide bonds. The van der Waals surface area contributed by atoms with Crippen molar-refractivity contribution in [3.63, 3.8) is 0 Å². The zero-order chi connectivity index (χ0) is 13.3. The van der Waals surface area contributed by atoms with E-state index in [0.29, 0.717) is 9.79 Å². The number of rotatable bonds is 3. The van der Waals surface area contributed by atoms with Gasteiger partial charge in [-0.15, -0.1) is 0 Å². The topological polar surface area (TPSA) is 20.7 Å². The van der Waals surface area contributed by atoms with E-state index in [-0.39, 0.29) is 24.1 Å². The second-order valence-electron chi connectivity index (χ2n) is 3.54. The van der Waals surface area contributed by atoms with Gasteiger partial charge in [0.2, 0.25) is 0 Å². The maximum Gasteiger partial charge on any atom is 0.441 e. The molecule has 0 fully saturated rings. The van der Waals surface area contributed by atoms with Gasteiger partial charge >= 0.3 is 5.51 Å². The first kappa shape index (κ1) is 13.8. The van der Waals surface area contributed by atoms with E-state index in [2.05, 4.69) is 4.98 Å². The van der Waals surface area contributed by atoms with Crippen LogP contribution in [-0.2, 0) is 6.54 Å². The SMILES string of the molecule is FC(F)(F)SCCn1c(=S)[nH]c2cc(Cl)ccc21. The highest BCUT2D eigenvalue weighted by Crippen LogP contribution is 2.30. The van der Waals surface area contributed by atoms with Gasteiger partial charge in [-0.1, -0.05) is 11.6 Å². The van der Waals surface area contributed by atoms with Crippen LogP contribution in [0.3, 0.4) is 0 Å². The Kier molecular flexibility index (Phi) is 3.93. The Hall–Kier alpha value is -0.660. The van der Waals surface area contributed by atoms with Gasteiger partial charge in [-0.2, -0.15) is 13.2 Å². The Morgan fingerprint density at radius 3 is 2.78 bits per heavy atom. The van der Waals surface area contributed by atoms with Gasteiger partial charge in [0, 0.05) is 17.3 Å². The summed E-state index contributed by atoms with van der Waals surface area (Å²) >= 11 is 10.9. The summed E-state index contributed by atoms with van der Waals surface area (Å²) in [6, 6.07) is 5.11. The molecule has 0 aliphatic carbocycles. The minimum atomic E-state index is -4.21. The predicted molar refractivity (Wildman–Crippen MR) is 70.6 cm³/mol. The van der Waals surface area contributed by atoms with Crippen molar-refractivity contribution in [1.82, 2.24) is 9.55 Å². The average molecular weight is 313 g/mol. The van der Waals surface area contributed by atoms with Crippen LogP contribution in [0.15, 0.2) is 18.2 Å². The molecule has 98 valence electrons. The molecule has 1 heterocycles. The van der Waals surface area contributed by atoms with Crippen molar-refractivity contribution < 1.29 is 13.2 Å². The van der Waals surface area contributed by atoms with Crippen LogP contribution in [0.2, 0.25) is 5.02 Å². The van der Waals surface area contributed by atoms with E-state index in [0.717, 1.165) is 11.0 Å². The Balaban J connectivity index is 2.23. The maximum absolute atomic E-state index is 12.1. The van der Waals surface area contributed by atoms with Crippen molar-refractivity contribution in [3.05, 3.63) is 28.0 Å². The first-order valence-electron chi connectivity index (χ1n) is 4.95. The minimum Gasteiger partial charge on any atom is -0.331 e. The van der Waals surface area contributed by atoms with E-state index >= 15 is 0 Å². The molecule has 1 N–H and O–H groups in total. The minimum absolute atomic E-state index is 0.0549. The van der Waals surface area contributed by atoms with Crippen LogP contribution in [0.4, 0.5) is 13.2 Å². The quantitative estimate of drug-likeness (QED) is 0.836. The highest BCUT2D eigenvalue weighted by atomic mass is 35.5. The summed E-state index contributed by atoms with van der Waals surface area (Å²) in [6.45, 7) is 0.199.